The average molecular weight is 339 g/mol. The second kappa shape index (κ2) is 9.12. The Hall–Kier alpha value is -3.28. The van der Waals surface area contributed by atoms with Gasteiger partial charge in [0, 0.05) is 11.3 Å². The van der Waals surface area contributed by atoms with Gasteiger partial charge < -0.3 is 15.2 Å². The standard InChI is InChI=1S/C19H21N3O3/c1-3-5-14-6-4-7-15(19(14)24)12-21-22-18(23)13-20-16-8-10-17(25-2)11-9-16/h3-4,6-12,20,24H,1,5,13H2,2H3,(H,22,23)/b21-12-. The van der Waals surface area contributed by atoms with E-state index in [2.05, 4.69) is 22.4 Å². The molecule has 0 unspecified atom stereocenters. The fraction of sp³-hybridized carbons (Fsp3) is 0.158. The van der Waals surface area contributed by atoms with Crippen molar-refractivity contribution in [1.29, 1.82) is 0 Å². The van der Waals surface area contributed by atoms with Crippen molar-refractivity contribution < 1.29 is 14.6 Å². The Morgan fingerprint density at radius 1 is 1.28 bits per heavy atom. The number of rotatable bonds is 8. The summed E-state index contributed by atoms with van der Waals surface area (Å²) in [6.45, 7) is 3.73. The monoisotopic (exact) mass is 339 g/mol. The van der Waals surface area contributed by atoms with Gasteiger partial charge >= 0.3 is 0 Å². The van der Waals surface area contributed by atoms with E-state index >= 15 is 0 Å². The van der Waals surface area contributed by atoms with Gasteiger partial charge in [-0.3, -0.25) is 4.79 Å². The summed E-state index contributed by atoms with van der Waals surface area (Å²) in [7, 11) is 1.60. The van der Waals surface area contributed by atoms with E-state index in [9.17, 15) is 9.90 Å². The third-order valence-corrected chi connectivity index (χ3v) is 3.45. The van der Waals surface area contributed by atoms with Crippen LogP contribution in [0.25, 0.3) is 0 Å². The largest absolute Gasteiger partial charge is 0.507 e. The van der Waals surface area contributed by atoms with Crippen molar-refractivity contribution in [3.05, 3.63) is 66.2 Å². The molecular weight excluding hydrogens is 318 g/mol. The zero-order valence-electron chi connectivity index (χ0n) is 14.0. The predicted molar refractivity (Wildman–Crippen MR) is 99.2 cm³/mol. The van der Waals surface area contributed by atoms with Gasteiger partial charge in [0.05, 0.1) is 19.9 Å². The van der Waals surface area contributed by atoms with E-state index in [1.807, 2.05) is 24.3 Å². The predicted octanol–water partition coefficient (Wildman–Crippen LogP) is 2.69. The van der Waals surface area contributed by atoms with Crippen LogP contribution in [0.2, 0.25) is 0 Å². The highest BCUT2D eigenvalue weighted by Gasteiger charge is 2.04. The second-order valence-corrected chi connectivity index (χ2v) is 5.22. The molecule has 25 heavy (non-hydrogen) atoms. The molecule has 0 spiro atoms. The normalized spacial score (nSPS) is 10.4. The number of hydrogen-bond donors (Lipinski definition) is 3. The highest BCUT2D eigenvalue weighted by Crippen LogP contribution is 2.21. The quantitative estimate of drug-likeness (QED) is 0.392. The molecule has 0 saturated carbocycles. The molecule has 0 bridgehead atoms. The molecule has 6 nitrogen and oxygen atoms in total. The zero-order valence-corrected chi connectivity index (χ0v) is 14.0. The lowest BCUT2D eigenvalue weighted by atomic mass is 10.1. The third kappa shape index (κ3) is 5.39. The van der Waals surface area contributed by atoms with Crippen molar-refractivity contribution in [3.8, 4) is 11.5 Å². The van der Waals surface area contributed by atoms with Crippen molar-refractivity contribution in [3.63, 3.8) is 0 Å². The Bertz CT molecular complexity index is 755. The topological polar surface area (TPSA) is 83.0 Å². The number of nitrogens with zero attached hydrogens (tertiary/aromatic N) is 1. The third-order valence-electron chi connectivity index (χ3n) is 3.45. The first-order valence-corrected chi connectivity index (χ1v) is 7.75. The minimum Gasteiger partial charge on any atom is -0.507 e. The van der Waals surface area contributed by atoms with E-state index in [4.69, 9.17) is 4.74 Å². The van der Waals surface area contributed by atoms with E-state index in [0.717, 1.165) is 17.0 Å². The number of aromatic hydroxyl groups is 1. The number of amides is 1. The van der Waals surface area contributed by atoms with Crippen LogP contribution in [0.15, 0.2) is 60.2 Å². The summed E-state index contributed by atoms with van der Waals surface area (Å²) >= 11 is 0. The van der Waals surface area contributed by atoms with Crippen LogP contribution in [0, 0.1) is 0 Å². The zero-order chi connectivity index (χ0) is 18.1. The summed E-state index contributed by atoms with van der Waals surface area (Å²) in [5.41, 5.74) is 4.50. The SMILES string of the molecule is C=CCc1cccc(/C=N\NC(=O)CNc2ccc(OC)cc2)c1O. The van der Waals surface area contributed by atoms with Crippen LogP contribution >= 0.6 is 0 Å². The minimum absolute atomic E-state index is 0.0756. The molecule has 0 aliphatic rings. The molecule has 0 aliphatic carbocycles. The summed E-state index contributed by atoms with van der Waals surface area (Å²) in [4.78, 5) is 11.8. The van der Waals surface area contributed by atoms with Crippen molar-refractivity contribution in [2.24, 2.45) is 5.10 Å². The van der Waals surface area contributed by atoms with E-state index < -0.39 is 0 Å². The minimum atomic E-state index is -0.297. The van der Waals surface area contributed by atoms with Crippen molar-refractivity contribution >= 4 is 17.8 Å². The molecule has 2 aromatic carbocycles. The molecule has 2 rings (SSSR count). The number of hydrazone groups is 1. The molecule has 0 aromatic heterocycles. The number of methoxy groups -OCH3 is 1. The molecule has 2 aromatic rings. The molecule has 0 radical (unpaired) electrons. The maximum absolute atomic E-state index is 11.8. The van der Waals surface area contributed by atoms with Gasteiger partial charge in [0.15, 0.2) is 0 Å². The fourth-order valence-corrected chi connectivity index (χ4v) is 2.14. The van der Waals surface area contributed by atoms with Gasteiger partial charge in [-0.2, -0.15) is 5.10 Å². The van der Waals surface area contributed by atoms with Crippen LogP contribution in [0.5, 0.6) is 11.5 Å². The number of ether oxygens (including phenoxy) is 1. The van der Waals surface area contributed by atoms with Crippen LogP contribution in [-0.4, -0.2) is 30.9 Å². The lowest BCUT2D eigenvalue weighted by Crippen LogP contribution is -2.25. The van der Waals surface area contributed by atoms with E-state index in [1.165, 1.54) is 6.21 Å². The number of allylic oxidation sites excluding steroid dienone is 1. The highest BCUT2D eigenvalue weighted by atomic mass is 16.5. The van der Waals surface area contributed by atoms with Gasteiger partial charge in [0.2, 0.25) is 0 Å². The lowest BCUT2D eigenvalue weighted by Gasteiger charge is -2.06. The molecule has 3 N–H and O–H groups in total. The van der Waals surface area contributed by atoms with Gasteiger partial charge in [-0.15, -0.1) is 6.58 Å². The molecule has 6 heteroatoms. The Morgan fingerprint density at radius 2 is 2.04 bits per heavy atom. The summed E-state index contributed by atoms with van der Waals surface area (Å²) in [5.74, 6) is 0.587. The van der Waals surface area contributed by atoms with Gasteiger partial charge in [0.25, 0.3) is 5.91 Å². The second-order valence-electron chi connectivity index (χ2n) is 5.22. The fourth-order valence-electron chi connectivity index (χ4n) is 2.14. The Morgan fingerprint density at radius 3 is 2.72 bits per heavy atom. The van der Waals surface area contributed by atoms with Crippen LogP contribution < -0.4 is 15.5 Å². The maximum Gasteiger partial charge on any atom is 0.259 e. The van der Waals surface area contributed by atoms with Crippen molar-refractivity contribution in [2.75, 3.05) is 19.0 Å². The molecule has 0 fully saturated rings. The summed E-state index contributed by atoms with van der Waals surface area (Å²) in [5, 5.41) is 17.0. The van der Waals surface area contributed by atoms with Crippen molar-refractivity contribution in [1.82, 2.24) is 5.43 Å². The van der Waals surface area contributed by atoms with Gasteiger partial charge in [-0.25, -0.2) is 5.43 Å². The number of para-hydroxylation sites is 1. The maximum atomic E-state index is 11.8. The van der Waals surface area contributed by atoms with Crippen LogP contribution in [-0.2, 0) is 11.2 Å². The van der Waals surface area contributed by atoms with Crippen molar-refractivity contribution in [2.45, 2.75) is 6.42 Å². The van der Waals surface area contributed by atoms with E-state index in [0.29, 0.717) is 12.0 Å². The van der Waals surface area contributed by atoms with Gasteiger partial charge in [-0.05, 0) is 42.3 Å². The van der Waals surface area contributed by atoms with Crippen LogP contribution in [0.4, 0.5) is 5.69 Å². The smallest absolute Gasteiger partial charge is 0.259 e. The first kappa shape index (κ1) is 18.1. The first-order valence-electron chi connectivity index (χ1n) is 7.75. The summed E-state index contributed by atoms with van der Waals surface area (Å²) in [6.07, 6.45) is 3.68. The number of phenolic OH excluding ortho intramolecular Hbond substituents is 1. The number of phenols is 1. The van der Waals surface area contributed by atoms with Gasteiger partial charge in [0.1, 0.15) is 11.5 Å². The Labute approximate surface area is 146 Å². The average Bonchev–Trinajstić information content (AvgIpc) is 2.63. The molecule has 0 heterocycles. The van der Waals surface area contributed by atoms with E-state index in [1.54, 1.807) is 31.4 Å². The summed E-state index contributed by atoms with van der Waals surface area (Å²) < 4.78 is 5.07. The molecule has 1 amide bonds. The number of benzene rings is 2. The Kier molecular flexibility index (Phi) is 6.59. The van der Waals surface area contributed by atoms with Gasteiger partial charge in [-0.1, -0.05) is 18.2 Å². The number of carbonyl (C=O) groups is 1. The number of anilines is 1. The number of hydrogen-bond acceptors (Lipinski definition) is 5. The van der Waals surface area contributed by atoms with Crippen LogP contribution in [0.3, 0.4) is 0 Å². The molecule has 0 atom stereocenters. The number of carbonyl (C=O) groups excluding carboxylic acids is 1. The molecule has 0 aliphatic heterocycles. The molecule has 0 saturated heterocycles. The van der Waals surface area contributed by atoms with Crippen LogP contribution in [0.1, 0.15) is 11.1 Å². The Balaban J connectivity index is 1.85. The first-order chi connectivity index (χ1) is 12.1. The molecule has 130 valence electrons. The number of nitrogens with one attached hydrogen (secondary N) is 2. The summed E-state index contributed by atoms with van der Waals surface area (Å²) in [6, 6.07) is 12.6. The lowest BCUT2D eigenvalue weighted by molar-refractivity contribution is -0.119. The highest BCUT2D eigenvalue weighted by molar-refractivity contribution is 5.86. The van der Waals surface area contributed by atoms with E-state index in [-0.39, 0.29) is 18.2 Å². The molecular formula is C19H21N3O3.